The maximum absolute atomic E-state index is 12.9. The fourth-order valence-electron chi connectivity index (χ4n) is 5.76. The van der Waals surface area contributed by atoms with E-state index in [1.54, 1.807) is 13.0 Å². The Morgan fingerprint density at radius 3 is 2.63 bits per heavy atom. The summed E-state index contributed by atoms with van der Waals surface area (Å²) in [5, 5.41) is 2.80. The number of carbonyl (C=O) groups excluding carboxylic acids is 2. The van der Waals surface area contributed by atoms with Gasteiger partial charge in [-0.05, 0) is 54.2 Å². The first-order chi connectivity index (χ1) is 14.0. The van der Waals surface area contributed by atoms with Crippen LogP contribution in [-0.2, 0) is 9.53 Å². The second-order valence-electron chi connectivity index (χ2n) is 9.47. The predicted octanol–water partition coefficient (Wildman–Crippen LogP) is 3.34. The van der Waals surface area contributed by atoms with E-state index in [-0.39, 0.29) is 40.4 Å². The molecule has 2 aliphatic heterocycles. The summed E-state index contributed by atoms with van der Waals surface area (Å²) < 4.78 is 47.1. The summed E-state index contributed by atoms with van der Waals surface area (Å²) in [5.41, 5.74) is 0.745. The largest absolute Gasteiger partial charge is 0.573 e. The topological polar surface area (TPSA) is 67.9 Å². The molecule has 3 atom stereocenters. The Labute approximate surface area is 171 Å². The lowest BCUT2D eigenvalue weighted by molar-refractivity contribution is -0.274. The van der Waals surface area contributed by atoms with Gasteiger partial charge in [0, 0.05) is 19.0 Å². The van der Waals surface area contributed by atoms with E-state index in [1.165, 1.54) is 6.07 Å². The number of benzene rings is 1. The quantitative estimate of drug-likeness (QED) is 0.808. The summed E-state index contributed by atoms with van der Waals surface area (Å²) in [6.45, 7) is 5.19. The molecular formula is C21H23F3N2O4. The van der Waals surface area contributed by atoms with E-state index in [1.807, 2.05) is 11.0 Å². The molecule has 4 aliphatic rings. The molecule has 1 N–H and O–H groups in total. The summed E-state index contributed by atoms with van der Waals surface area (Å²) in [6.07, 6.45) is -3.96. The molecule has 6 nitrogen and oxygen atoms in total. The van der Waals surface area contributed by atoms with E-state index in [4.69, 9.17) is 4.74 Å². The van der Waals surface area contributed by atoms with Crippen molar-refractivity contribution in [2.75, 3.05) is 19.7 Å². The fraction of sp³-hybridized carbons (Fsp3) is 0.619. The predicted molar refractivity (Wildman–Crippen MR) is 98.7 cm³/mol. The second kappa shape index (κ2) is 6.04. The van der Waals surface area contributed by atoms with Crippen LogP contribution in [-0.4, -0.2) is 48.5 Å². The van der Waals surface area contributed by atoms with E-state index < -0.39 is 12.5 Å². The molecular weight excluding hydrogens is 401 g/mol. The van der Waals surface area contributed by atoms with Crippen LogP contribution in [0.3, 0.4) is 0 Å². The molecule has 2 amide bonds. The number of amides is 2. The summed E-state index contributed by atoms with van der Waals surface area (Å²) in [5.74, 6) is 0.165. The van der Waals surface area contributed by atoms with Crippen molar-refractivity contribution >= 4 is 12.0 Å². The molecule has 2 aliphatic carbocycles. The zero-order valence-electron chi connectivity index (χ0n) is 16.7. The van der Waals surface area contributed by atoms with Crippen molar-refractivity contribution in [3.05, 3.63) is 29.3 Å². The van der Waals surface area contributed by atoms with E-state index in [2.05, 4.69) is 17.0 Å². The van der Waals surface area contributed by atoms with Gasteiger partial charge in [0.05, 0.1) is 5.54 Å². The van der Waals surface area contributed by atoms with Crippen LogP contribution in [0.1, 0.15) is 36.8 Å². The molecule has 9 heteroatoms. The van der Waals surface area contributed by atoms with Crippen LogP contribution >= 0.6 is 0 Å². The van der Waals surface area contributed by atoms with Gasteiger partial charge in [-0.25, -0.2) is 4.79 Å². The number of nitrogens with zero attached hydrogens (tertiary/aromatic N) is 1. The Morgan fingerprint density at radius 1 is 1.33 bits per heavy atom. The lowest BCUT2D eigenvalue weighted by Crippen LogP contribution is -2.58. The number of nitrogens with one attached hydrogen (secondary N) is 1. The number of halogens is 3. The number of hydrogen-bond donors (Lipinski definition) is 1. The van der Waals surface area contributed by atoms with Crippen molar-refractivity contribution in [3.8, 4) is 5.75 Å². The molecule has 0 aromatic heterocycles. The van der Waals surface area contributed by atoms with Gasteiger partial charge in [0.25, 0.3) is 0 Å². The Balaban J connectivity index is 1.23. The van der Waals surface area contributed by atoms with Crippen LogP contribution in [0.15, 0.2) is 18.2 Å². The van der Waals surface area contributed by atoms with Crippen molar-refractivity contribution in [2.24, 2.45) is 17.3 Å². The number of aryl methyl sites for hydroxylation is 1. The average Bonchev–Trinajstić information content (AvgIpc) is 2.93. The Bertz CT molecular complexity index is 927. The number of alkyl carbamates (subject to hydrolysis) is 1. The molecule has 1 aromatic rings. The monoisotopic (exact) mass is 424 g/mol. The normalized spacial score (nSPS) is 36.8. The molecule has 1 aromatic carbocycles. The molecule has 162 valence electrons. The van der Waals surface area contributed by atoms with Crippen molar-refractivity contribution in [3.63, 3.8) is 0 Å². The SMILES string of the molecule is Cc1ccc([C@H]2[C@@H]3CN(C(=O)C4CC5(COC(=O)N5)C4)C[C@@]32C)cc1OC(F)(F)F. The molecule has 30 heavy (non-hydrogen) atoms. The molecule has 5 rings (SSSR count). The van der Waals surface area contributed by atoms with Gasteiger partial charge >= 0.3 is 12.5 Å². The molecule has 0 unspecified atom stereocenters. The minimum Gasteiger partial charge on any atom is -0.447 e. The van der Waals surface area contributed by atoms with Crippen LogP contribution in [0.25, 0.3) is 0 Å². The van der Waals surface area contributed by atoms with Crippen molar-refractivity contribution in [1.29, 1.82) is 0 Å². The highest BCUT2D eigenvalue weighted by Crippen LogP contribution is 2.68. The lowest BCUT2D eigenvalue weighted by Gasteiger charge is -2.43. The number of cyclic esters (lactones) is 1. The summed E-state index contributed by atoms with van der Waals surface area (Å²) >= 11 is 0. The molecule has 1 spiro atoms. The first-order valence-electron chi connectivity index (χ1n) is 10.1. The third-order valence-electron chi connectivity index (χ3n) is 7.38. The molecule has 0 radical (unpaired) electrons. The minimum absolute atomic E-state index is 0.0962. The van der Waals surface area contributed by atoms with Crippen molar-refractivity contribution in [1.82, 2.24) is 10.2 Å². The molecule has 2 saturated heterocycles. The maximum atomic E-state index is 12.9. The smallest absolute Gasteiger partial charge is 0.447 e. The highest BCUT2D eigenvalue weighted by molar-refractivity contribution is 5.82. The summed E-state index contributed by atoms with van der Waals surface area (Å²) in [4.78, 5) is 26.0. The van der Waals surface area contributed by atoms with Crippen molar-refractivity contribution < 1.29 is 32.2 Å². The van der Waals surface area contributed by atoms with Gasteiger partial charge in [0.2, 0.25) is 5.91 Å². The standard InChI is InChI=1S/C21H23F3N2O4/c1-11-3-4-12(5-15(11)30-21(22,23)24)16-14-8-26(9-19(14,16)2)17(27)13-6-20(7-13)10-29-18(28)25-20/h3-5,13-14,16H,6-10H2,1-2H3,(H,25,28)/t13?,14-,16-,19-,20?/m0/s1. The van der Waals surface area contributed by atoms with Crippen LogP contribution in [0.2, 0.25) is 0 Å². The Kier molecular flexibility index (Phi) is 3.93. The minimum atomic E-state index is -4.72. The molecule has 0 bridgehead atoms. The number of hydrogen-bond acceptors (Lipinski definition) is 4. The molecule has 2 heterocycles. The van der Waals surface area contributed by atoms with Crippen LogP contribution < -0.4 is 10.1 Å². The highest BCUT2D eigenvalue weighted by Gasteiger charge is 2.67. The van der Waals surface area contributed by atoms with Crippen LogP contribution in [0.5, 0.6) is 5.75 Å². The van der Waals surface area contributed by atoms with Gasteiger partial charge in [-0.3, -0.25) is 4.79 Å². The first-order valence-corrected chi connectivity index (χ1v) is 10.1. The average molecular weight is 424 g/mol. The summed E-state index contributed by atoms with van der Waals surface area (Å²) in [7, 11) is 0. The molecule has 4 fully saturated rings. The second-order valence-corrected chi connectivity index (χ2v) is 9.47. The number of alkyl halides is 3. The third kappa shape index (κ3) is 3.01. The summed E-state index contributed by atoms with van der Waals surface area (Å²) in [6, 6.07) is 5.00. The number of rotatable bonds is 3. The zero-order chi connectivity index (χ0) is 21.5. The Hall–Kier alpha value is -2.45. The number of fused-ring (bicyclic) bond motifs is 1. The number of likely N-dealkylation sites (tertiary alicyclic amines) is 1. The van der Waals surface area contributed by atoms with E-state index >= 15 is 0 Å². The first kappa shape index (κ1) is 19.5. The Morgan fingerprint density at radius 2 is 2.07 bits per heavy atom. The number of carbonyl (C=O) groups is 2. The van der Waals surface area contributed by atoms with Gasteiger partial charge in [0.1, 0.15) is 12.4 Å². The third-order valence-corrected chi connectivity index (χ3v) is 7.38. The van der Waals surface area contributed by atoms with Gasteiger partial charge in [-0.15, -0.1) is 13.2 Å². The van der Waals surface area contributed by atoms with Crippen LogP contribution in [0, 0.1) is 24.2 Å². The van der Waals surface area contributed by atoms with E-state index in [0.717, 1.165) is 5.56 Å². The zero-order valence-corrected chi connectivity index (χ0v) is 16.7. The van der Waals surface area contributed by atoms with Gasteiger partial charge in [0.15, 0.2) is 0 Å². The number of ether oxygens (including phenoxy) is 2. The van der Waals surface area contributed by atoms with Gasteiger partial charge in [-0.2, -0.15) is 0 Å². The van der Waals surface area contributed by atoms with Gasteiger partial charge in [-0.1, -0.05) is 19.1 Å². The van der Waals surface area contributed by atoms with E-state index in [9.17, 15) is 22.8 Å². The van der Waals surface area contributed by atoms with Crippen molar-refractivity contribution in [2.45, 2.75) is 44.5 Å². The lowest BCUT2D eigenvalue weighted by atomic mass is 9.68. The number of piperidine rings is 1. The van der Waals surface area contributed by atoms with E-state index in [0.29, 0.717) is 38.1 Å². The molecule has 2 saturated carbocycles. The van der Waals surface area contributed by atoms with Gasteiger partial charge < -0.3 is 19.7 Å². The maximum Gasteiger partial charge on any atom is 0.573 e. The van der Waals surface area contributed by atoms with Crippen LogP contribution in [0.4, 0.5) is 18.0 Å². The highest BCUT2D eigenvalue weighted by atomic mass is 19.4. The fourth-order valence-corrected chi connectivity index (χ4v) is 5.76.